The number of nitrogen functional groups attached to an aromatic ring is 1. The number of aryl methyl sites for hydroxylation is 3. The van der Waals surface area contributed by atoms with E-state index < -0.39 is 0 Å². The largest absolute Gasteiger partial charge is 0.495 e. The average Bonchev–Trinajstić information content (AvgIpc) is 2.69. The van der Waals surface area contributed by atoms with Crippen LogP contribution in [-0.4, -0.2) is 7.11 Å². The van der Waals surface area contributed by atoms with Crippen molar-refractivity contribution in [2.24, 2.45) is 20.5 Å². The molecule has 6 heteroatoms. The highest BCUT2D eigenvalue weighted by Crippen LogP contribution is 2.34. The van der Waals surface area contributed by atoms with Crippen molar-refractivity contribution < 1.29 is 4.74 Å². The van der Waals surface area contributed by atoms with Gasteiger partial charge in [0.25, 0.3) is 0 Å². The van der Waals surface area contributed by atoms with Gasteiger partial charge in [0, 0.05) is 6.07 Å². The molecular weight excluding hydrogens is 350 g/mol. The molecule has 28 heavy (non-hydrogen) atoms. The van der Waals surface area contributed by atoms with E-state index in [9.17, 15) is 0 Å². The first-order chi connectivity index (χ1) is 13.5. The highest BCUT2D eigenvalue weighted by atomic mass is 16.5. The fraction of sp³-hybridized carbons (Fsp3) is 0.182. The van der Waals surface area contributed by atoms with E-state index in [4.69, 9.17) is 10.5 Å². The highest BCUT2D eigenvalue weighted by molar-refractivity contribution is 5.64. The summed E-state index contributed by atoms with van der Waals surface area (Å²) in [6.07, 6.45) is 0. The summed E-state index contributed by atoms with van der Waals surface area (Å²) in [4.78, 5) is 0. The van der Waals surface area contributed by atoms with Gasteiger partial charge in [0.15, 0.2) is 0 Å². The van der Waals surface area contributed by atoms with Crippen LogP contribution in [0.15, 0.2) is 75.1 Å². The minimum atomic E-state index is 0.583. The smallest absolute Gasteiger partial charge is 0.143 e. The molecule has 0 fully saturated rings. The molecule has 0 unspecified atom stereocenters. The molecule has 0 atom stereocenters. The van der Waals surface area contributed by atoms with Gasteiger partial charge in [0.05, 0.1) is 35.5 Å². The zero-order chi connectivity index (χ0) is 20.1. The molecule has 0 saturated carbocycles. The first kappa shape index (κ1) is 19.2. The van der Waals surface area contributed by atoms with E-state index in [2.05, 4.69) is 20.5 Å². The lowest BCUT2D eigenvalue weighted by molar-refractivity contribution is 0.417. The molecule has 3 rings (SSSR count). The second-order valence-corrected chi connectivity index (χ2v) is 6.54. The van der Waals surface area contributed by atoms with Crippen LogP contribution in [-0.2, 0) is 0 Å². The van der Waals surface area contributed by atoms with Crippen molar-refractivity contribution in [1.29, 1.82) is 0 Å². The molecule has 0 aromatic heterocycles. The Kier molecular flexibility index (Phi) is 5.79. The van der Waals surface area contributed by atoms with Crippen molar-refractivity contribution in [3.05, 3.63) is 71.3 Å². The maximum Gasteiger partial charge on any atom is 0.143 e. The second kappa shape index (κ2) is 8.43. The van der Waals surface area contributed by atoms with E-state index in [0.29, 0.717) is 11.4 Å². The van der Waals surface area contributed by atoms with Gasteiger partial charge in [-0.2, -0.15) is 20.5 Å². The maximum atomic E-state index is 5.92. The van der Waals surface area contributed by atoms with Crippen LogP contribution in [0.5, 0.6) is 5.75 Å². The molecule has 0 aliphatic carbocycles. The Hall–Kier alpha value is -3.54. The number of methoxy groups -OCH3 is 1. The Balaban J connectivity index is 1.87. The summed E-state index contributed by atoms with van der Waals surface area (Å²) >= 11 is 0. The Bertz CT molecular complexity index is 1040. The maximum absolute atomic E-state index is 5.92. The number of ether oxygens (including phenoxy) is 1. The van der Waals surface area contributed by atoms with Gasteiger partial charge >= 0.3 is 0 Å². The predicted octanol–water partition coefficient (Wildman–Crippen LogP) is 7.03. The molecule has 0 saturated heterocycles. The van der Waals surface area contributed by atoms with Gasteiger partial charge in [0.2, 0.25) is 0 Å². The molecule has 3 aromatic carbocycles. The number of benzene rings is 3. The summed E-state index contributed by atoms with van der Waals surface area (Å²) in [7, 11) is 1.58. The van der Waals surface area contributed by atoms with Crippen LogP contribution in [0.1, 0.15) is 16.7 Å². The molecule has 6 nitrogen and oxygen atoms in total. The van der Waals surface area contributed by atoms with Gasteiger partial charge in [-0.15, -0.1) is 0 Å². The minimum Gasteiger partial charge on any atom is -0.495 e. The molecule has 2 N–H and O–H groups in total. The summed E-state index contributed by atoms with van der Waals surface area (Å²) in [5, 5.41) is 17.5. The molecule has 0 heterocycles. The van der Waals surface area contributed by atoms with Crippen LogP contribution in [0.4, 0.5) is 28.4 Å². The van der Waals surface area contributed by atoms with Crippen molar-refractivity contribution in [2.45, 2.75) is 20.8 Å². The van der Waals surface area contributed by atoms with Gasteiger partial charge in [-0.3, -0.25) is 0 Å². The first-order valence-electron chi connectivity index (χ1n) is 8.92. The van der Waals surface area contributed by atoms with Gasteiger partial charge in [-0.05, 0) is 67.8 Å². The topological polar surface area (TPSA) is 84.7 Å². The summed E-state index contributed by atoms with van der Waals surface area (Å²) in [6, 6.07) is 17.2. The number of nitrogens with zero attached hydrogens (tertiary/aromatic N) is 4. The number of azo groups is 2. The Morgan fingerprint density at radius 2 is 1.18 bits per heavy atom. The third-order valence-corrected chi connectivity index (χ3v) is 4.36. The van der Waals surface area contributed by atoms with Crippen LogP contribution < -0.4 is 10.5 Å². The quantitative estimate of drug-likeness (QED) is 0.384. The number of hydrogen-bond donors (Lipinski definition) is 1. The number of hydrogen-bond acceptors (Lipinski definition) is 6. The Labute approximate surface area is 164 Å². The fourth-order valence-electron chi connectivity index (χ4n) is 2.70. The first-order valence-corrected chi connectivity index (χ1v) is 8.92. The normalized spacial score (nSPS) is 11.4. The number of nitrogens with two attached hydrogens (primary N) is 1. The van der Waals surface area contributed by atoms with Gasteiger partial charge in [0.1, 0.15) is 5.75 Å². The molecule has 0 aliphatic heterocycles. The minimum absolute atomic E-state index is 0.583. The monoisotopic (exact) mass is 373 g/mol. The third-order valence-electron chi connectivity index (χ3n) is 4.36. The molecule has 0 bridgehead atoms. The Morgan fingerprint density at radius 3 is 1.75 bits per heavy atom. The summed E-state index contributed by atoms with van der Waals surface area (Å²) in [5.41, 5.74) is 12.5. The van der Waals surface area contributed by atoms with Gasteiger partial charge < -0.3 is 10.5 Å². The van der Waals surface area contributed by atoms with E-state index in [0.717, 1.165) is 39.4 Å². The summed E-state index contributed by atoms with van der Waals surface area (Å²) in [5.74, 6) is 0.587. The van der Waals surface area contributed by atoms with E-state index in [-0.39, 0.29) is 0 Å². The summed E-state index contributed by atoms with van der Waals surface area (Å²) in [6.45, 7) is 5.90. The van der Waals surface area contributed by atoms with Crippen molar-refractivity contribution in [2.75, 3.05) is 12.8 Å². The van der Waals surface area contributed by atoms with Crippen molar-refractivity contribution >= 4 is 28.4 Å². The second-order valence-electron chi connectivity index (χ2n) is 6.54. The van der Waals surface area contributed by atoms with Crippen LogP contribution in [0.25, 0.3) is 0 Å². The van der Waals surface area contributed by atoms with Crippen molar-refractivity contribution in [1.82, 2.24) is 0 Å². The third kappa shape index (κ3) is 4.40. The SMILES string of the molecule is COc1cc(N=Nc2cc(C)c(N=Nc3ccccc3)cc2C)c(C)cc1N. The lowest BCUT2D eigenvalue weighted by atomic mass is 10.1. The van der Waals surface area contributed by atoms with Gasteiger partial charge in [-0.25, -0.2) is 0 Å². The molecule has 0 aliphatic rings. The number of anilines is 1. The lowest BCUT2D eigenvalue weighted by Gasteiger charge is -2.08. The van der Waals surface area contributed by atoms with Crippen LogP contribution in [0.3, 0.4) is 0 Å². The van der Waals surface area contributed by atoms with Gasteiger partial charge in [-0.1, -0.05) is 18.2 Å². The molecule has 142 valence electrons. The van der Waals surface area contributed by atoms with E-state index >= 15 is 0 Å². The molecule has 0 spiro atoms. The zero-order valence-corrected chi connectivity index (χ0v) is 16.5. The van der Waals surface area contributed by atoms with Crippen LogP contribution >= 0.6 is 0 Å². The zero-order valence-electron chi connectivity index (χ0n) is 16.5. The number of rotatable bonds is 5. The van der Waals surface area contributed by atoms with Crippen molar-refractivity contribution in [3.8, 4) is 5.75 Å². The van der Waals surface area contributed by atoms with Crippen LogP contribution in [0.2, 0.25) is 0 Å². The molecular formula is C22H23N5O. The predicted molar refractivity (Wildman–Crippen MR) is 113 cm³/mol. The standard InChI is InChI=1S/C22H23N5O/c1-14-10-18(23)22(28-4)13-21(14)27-26-20-12-15(2)19(11-16(20)3)25-24-17-8-6-5-7-9-17/h5-13H,23H2,1-4H3. The van der Waals surface area contributed by atoms with Crippen LogP contribution in [0, 0.1) is 20.8 Å². The fourth-order valence-corrected chi connectivity index (χ4v) is 2.70. The highest BCUT2D eigenvalue weighted by Gasteiger charge is 2.07. The lowest BCUT2D eigenvalue weighted by Crippen LogP contribution is -1.92. The molecule has 0 radical (unpaired) electrons. The Morgan fingerprint density at radius 1 is 0.679 bits per heavy atom. The van der Waals surface area contributed by atoms with E-state index in [1.54, 1.807) is 13.2 Å². The van der Waals surface area contributed by atoms with E-state index in [1.165, 1.54) is 0 Å². The van der Waals surface area contributed by atoms with E-state index in [1.807, 2.05) is 69.3 Å². The van der Waals surface area contributed by atoms with Crippen molar-refractivity contribution in [3.63, 3.8) is 0 Å². The average molecular weight is 373 g/mol. The molecule has 0 amide bonds. The summed E-state index contributed by atoms with van der Waals surface area (Å²) < 4.78 is 5.27. The molecule has 3 aromatic rings.